The van der Waals surface area contributed by atoms with Gasteiger partial charge < -0.3 is 24.6 Å². The van der Waals surface area contributed by atoms with Gasteiger partial charge in [-0.3, -0.25) is 9.59 Å². The van der Waals surface area contributed by atoms with Gasteiger partial charge >= 0.3 is 0 Å². The molecule has 0 aliphatic carbocycles. The molecule has 0 aromatic heterocycles. The number of ketones is 1. The van der Waals surface area contributed by atoms with Crippen molar-refractivity contribution in [2.45, 2.75) is 6.04 Å². The van der Waals surface area contributed by atoms with Crippen LogP contribution in [0.3, 0.4) is 0 Å². The van der Waals surface area contributed by atoms with Crippen LogP contribution in [0.5, 0.6) is 11.5 Å². The number of nitrogens with zero attached hydrogens (tertiary/aromatic N) is 1. The fourth-order valence-corrected chi connectivity index (χ4v) is 3.48. The van der Waals surface area contributed by atoms with Crippen molar-refractivity contribution in [3.63, 3.8) is 0 Å². The average Bonchev–Trinajstić information content (AvgIpc) is 2.98. The van der Waals surface area contributed by atoms with Crippen LogP contribution in [-0.4, -0.2) is 54.2 Å². The zero-order valence-corrected chi connectivity index (χ0v) is 16.6. The molecule has 1 heterocycles. The molecule has 29 heavy (non-hydrogen) atoms. The smallest absolute Gasteiger partial charge is 0.295 e. The standard InChI is InChI=1S/C21H20ClNO6/c1-28-15-8-5-13(11-16(15)29-2)18-17(20(26)21(27)23(18)9-10-24)19(25)12-3-6-14(22)7-4-12/h3-8,11,18,24-25H,9-10H2,1-2H3/b19-17-. The lowest BCUT2D eigenvalue weighted by Crippen LogP contribution is -2.32. The fourth-order valence-electron chi connectivity index (χ4n) is 3.35. The van der Waals surface area contributed by atoms with Crippen LogP contribution in [0.15, 0.2) is 48.0 Å². The Balaban J connectivity index is 2.20. The number of Topliss-reactive ketones (excluding diaryl/α,β-unsaturated/α-hetero) is 1. The number of hydrogen-bond acceptors (Lipinski definition) is 6. The topological polar surface area (TPSA) is 96.3 Å². The number of benzene rings is 2. The summed E-state index contributed by atoms with van der Waals surface area (Å²) in [4.78, 5) is 26.6. The van der Waals surface area contributed by atoms with Crippen molar-refractivity contribution < 1.29 is 29.3 Å². The number of aliphatic hydroxyl groups is 2. The third-order valence-corrected chi connectivity index (χ3v) is 4.97. The van der Waals surface area contributed by atoms with Crippen LogP contribution < -0.4 is 9.47 Å². The molecule has 0 radical (unpaired) electrons. The molecule has 1 aliphatic rings. The van der Waals surface area contributed by atoms with Gasteiger partial charge in [0.05, 0.1) is 32.4 Å². The Labute approximate surface area is 172 Å². The Morgan fingerprint density at radius 3 is 2.31 bits per heavy atom. The second-order valence-electron chi connectivity index (χ2n) is 6.34. The zero-order valence-electron chi connectivity index (χ0n) is 15.9. The van der Waals surface area contributed by atoms with E-state index in [4.69, 9.17) is 21.1 Å². The Kier molecular flexibility index (Phi) is 6.10. The molecule has 1 saturated heterocycles. The lowest BCUT2D eigenvalue weighted by molar-refractivity contribution is -0.140. The molecule has 2 aromatic rings. The number of aliphatic hydroxyl groups excluding tert-OH is 2. The molecule has 2 N–H and O–H groups in total. The molecule has 1 atom stereocenters. The van der Waals surface area contributed by atoms with Crippen LogP contribution in [0.25, 0.3) is 5.76 Å². The normalized spacial score (nSPS) is 18.2. The van der Waals surface area contributed by atoms with Crippen molar-refractivity contribution >= 4 is 29.1 Å². The SMILES string of the molecule is COc1ccc(C2/C(=C(/O)c3ccc(Cl)cc3)C(=O)C(=O)N2CCO)cc1OC. The number of carbonyl (C=O) groups excluding carboxylic acids is 2. The average molecular weight is 418 g/mol. The number of β-amino-alcohol motifs (C(OH)–C–C–N with tert-alkyl or cyclic N) is 1. The maximum Gasteiger partial charge on any atom is 0.295 e. The van der Waals surface area contributed by atoms with E-state index < -0.39 is 17.7 Å². The third-order valence-electron chi connectivity index (χ3n) is 4.72. The van der Waals surface area contributed by atoms with Gasteiger partial charge in [-0.2, -0.15) is 0 Å². The minimum Gasteiger partial charge on any atom is -0.507 e. The van der Waals surface area contributed by atoms with Gasteiger partial charge in [0.1, 0.15) is 5.76 Å². The van der Waals surface area contributed by atoms with Crippen molar-refractivity contribution in [3.8, 4) is 11.5 Å². The second-order valence-corrected chi connectivity index (χ2v) is 6.77. The highest BCUT2D eigenvalue weighted by atomic mass is 35.5. The van der Waals surface area contributed by atoms with E-state index in [0.29, 0.717) is 27.6 Å². The summed E-state index contributed by atoms with van der Waals surface area (Å²) in [5, 5.41) is 20.7. The molecule has 152 valence electrons. The molecular weight excluding hydrogens is 398 g/mol. The number of likely N-dealkylation sites (tertiary alicyclic amines) is 1. The van der Waals surface area contributed by atoms with Crippen LogP contribution in [0.4, 0.5) is 0 Å². The molecule has 2 aromatic carbocycles. The van der Waals surface area contributed by atoms with Gasteiger partial charge in [0.15, 0.2) is 11.5 Å². The number of rotatable bonds is 6. The summed E-state index contributed by atoms with van der Waals surface area (Å²) in [6.07, 6.45) is 0. The molecule has 7 nitrogen and oxygen atoms in total. The summed E-state index contributed by atoms with van der Waals surface area (Å²) in [6, 6.07) is 10.3. The Bertz CT molecular complexity index is 970. The molecule has 3 rings (SSSR count). The predicted molar refractivity (Wildman–Crippen MR) is 107 cm³/mol. The van der Waals surface area contributed by atoms with E-state index in [9.17, 15) is 19.8 Å². The molecule has 0 bridgehead atoms. The largest absolute Gasteiger partial charge is 0.507 e. The van der Waals surface area contributed by atoms with Crippen molar-refractivity contribution in [1.29, 1.82) is 0 Å². The Morgan fingerprint density at radius 2 is 1.72 bits per heavy atom. The molecule has 8 heteroatoms. The van der Waals surface area contributed by atoms with Gasteiger partial charge in [0.25, 0.3) is 11.7 Å². The maximum atomic E-state index is 12.8. The number of hydrogen-bond donors (Lipinski definition) is 2. The predicted octanol–water partition coefficient (Wildman–Crippen LogP) is 2.77. The van der Waals surface area contributed by atoms with Crippen LogP contribution >= 0.6 is 11.6 Å². The van der Waals surface area contributed by atoms with Crippen LogP contribution in [0.1, 0.15) is 17.2 Å². The van der Waals surface area contributed by atoms with E-state index >= 15 is 0 Å². The summed E-state index contributed by atoms with van der Waals surface area (Å²) < 4.78 is 10.6. The lowest BCUT2D eigenvalue weighted by atomic mass is 9.95. The first-order valence-electron chi connectivity index (χ1n) is 8.80. The molecule has 1 aliphatic heterocycles. The van der Waals surface area contributed by atoms with Gasteiger partial charge in [-0.1, -0.05) is 17.7 Å². The molecule has 1 unspecified atom stereocenters. The molecular formula is C21H20ClNO6. The van der Waals surface area contributed by atoms with E-state index in [0.717, 1.165) is 0 Å². The summed E-state index contributed by atoms with van der Waals surface area (Å²) in [5.74, 6) is -1.06. The minimum absolute atomic E-state index is 0.0685. The van der Waals surface area contributed by atoms with Crippen LogP contribution in [0, 0.1) is 0 Å². The van der Waals surface area contributed by atoms with E-state index in [1.807, 2.05) is 0 Å². The molecule has 1 fully saturated rings. The summed E-state index contributed by atoms with van der Waals surface area (Å²) in [6.45, 7) is -0.404. The number of amides is 1. The molecule has 1 amide bonds. The number of ether oxygens (including phenoxy) is 2. The Morgan fingerprint density at radius 1 is 1.07 bits per heavy atom. The highest BCUT2D eigenvalue weighted by Gasteiger charge is 2.46. The van der Waals surface area contributed by atoms with Crippen molar-refractivity contribution in [2.24, 2.45) is 0 Å². The van der Waals surface area contributed by atoms with Crippen LogP contribution in [-0.2, 0) is 9.59 Å². The van der Waals surface area contributed by atoms with Gasteiger partial charge in [0, 0.05) is 17.1 Å². The first-order chi connectivity index (χ1) is 13.9. The number of carbonyl (C=O) groups is 2. The van der Waals surface area contributed by atoms with Gasteiger partial charge in [0.2, 0.25) is 0 Å². The van der Waals surface area contributed by atoms with Gasteiger partial charge in [-0.15, -0.1) is 0 Å². The van der Waals surface area contributed by atoms with Crippen molar-refractivity contribution in [3.05, 3.63) is 64.2 Å². The first-order valence-corrected chi connectivity index (χ1v) is 9.17. The molecule has 0 saturated carbocycles. The number of halogens is 1. The highest BCUT2D eigenvalue weighted by Crippen LogP contribution is 2.41. The Hall–Kier alpha value is -3.03. The quantitative estimate of drug-likeness (QED) is 0.426. The summed E-state index contributed by atoms with van der Waals surface area (Å²) in [5.41, 5.74) is 0.811. The summed E-state index contributed by atoms with van der Waals surface area (Å²) >= 11 is 5.90. The van der Waals surface area contributed by atoms with Crippen molar-refractivity contribution in [1.82, 2.24) is 4.90 Å². The lowest BCUT2D eigenvalue weighted by Gasteiger charge is -2.25. The number of methoxy groups -OCH3 is 2. The monoisotopic (exact) mass is 417 g/mol. The fraction of sp³-hybridized carbons (Fsp3) is 0.238. The van der Waals surface area contributed by atoms with E-state index in [1.165, 1.54) is 19.1 Å². The first kappa shape index (κ1) is 20.7. The molecule has 0 spiro atoms. The highest BCUT2D eigenvalue weighted by molar-refractivity contribution is 6.46. The van der Waals surface area contributed by atoms with E-state index in [-0.39, 0.29) is 24.5 Å². The van der Waals surface area contributed by atoms with E-state index in [2.05, 4.69) is 0 Å². The minimum atomic E-state index is -0.891. The van der Waals surface area contributed by atoms with Crippen molar-refractivity contribution in [2.75, 3.05) is 27.4 Å². The van der Waals surface area contributed by atoms with Gasteiger partial charge in [-0.25, -0.2) is 0 Å². The second kappa shape index (κ2) is 8.55. The zero-order chi connectivity index (χ0) is 21.1. The maximum absolute atomic E-state index is 12.8. The summed E-state index contributed by atoms with van der Waals surface area (Å²) in [7, 11) is 2.97. The third kappa shape index (κ3) is 3.79. The van der Waals surface area contributed by atoms with Gasteiger partial charge in [-0.05, 0) is 42.0 Å². The van der Waals surface area contributed by atoms with Crippen LogP contribution in [0.2, 0.25) is 5.02 Å². The van der Waals surface area contributed by atoms with E-state index in [1.54, 1.807) is 42.5 Å².